The molecule has 0 aliphatic carbocycles. The van der Waals surface area contributed by atoms with Crippen molar-refractivity contribution in [3.05, 3.63) is 47.0 Å². The van der Waals surface area contributed by atoms with Crippen LogP contribution in [0.1, 0.15) is 28.9 Å². The van der Waals surface area contributed by atoms with Gasteiger partial charge in [-0.25, -0.2) is 0 Å². The Labute approximate surface area is 84.2 Å². The van der Waals surface area contributed by atoms with Crippen LogP contribution in [0.4, 0.5) is 13.2 Å². The van der Waals surface area contributed by atoms with Gasteiger partial charge in [0.2, 0.25) is 0 Å². The van der Waals surface area contributed by atoms with E-state index in [2.05, 4.69) is 0 Å². The van der Waals surface area contributed by atoms with E-state index in [1.807, 2.05) is 6.08 Å². The van der Waals surface area contributed by atoms with Gasteiger partial charge in [0.15, 0.2) is 0 Å². The van der Waals surface area contributed by atoms with E-state index >= 15 is 0 Å². The highest BCUT2D eigenvalue weighted by Gasteiger charge is 2.37. The molecule has 1 aromatic carbocycles. The molecule has 1 aromatic rings. The lowest BCUT2D eigenvalue weighted by molar-refractivity contribution is -0.137. The molecule has 3 rings (SSSR count). The van der Waals surface area contributed by atoms with Crippen LogP contribution in [0, 0.1) is 0 Å². The fourth-order valence-electron chi connectivity index (χ4n) is 2.06. The maximum atomic E-state index is 12.4. The van der Waals surface area contributed by atoms with E-state index in [9.17, 15) is 13.2 Å². The molecule has 0 fully saturated rings. The first-order valence-corrected chi connectivity index (χ1v) is 4.60. The molecule has 0 N–H and O–H groups in total. The molecular weight excluding hydrogens is 205 g/mol. The van der Waals surface area contributed by atoms with E-state index in [4.69, 9.17) is 4.74 Å². The molecule has 0 saturated carbocycles. The highest BCUT2D eigenvalue weighted by atomic mass is 19.4. The van der Waals surface area contributed by atoms with Crippen molar-refractivity contribution in [2.45, 2.75) is 18.4 Å². The summed E-state index contributed by atoms with van der Waals surface area (Å²) in [5.74, 6) is 0. The predicted octanol–water partition coefficient (Wildman–Crippen LogP) is 3.39. The summed E-state index contributed by atoms with van der Waals surface area (Å²) in [5.41, 5.74) is 0.902. The molecule has 4 heteroatoms. The summed E-state index contributed by atoms with van der Waals surface area (Å²) < 4.78 is 42.8. The van der Waals surface area contributed by atoms with Crippen LogP contribution in [-0.2, 0) is 10.9 Å². The van der Waals surface area contributed by atoms with Gasteiger partial charge in [-0.15, -0.1) is 0 Å². The van der Waals surface area contributed by atoms with Crippen LogP contribution >= 0.6 is 0 Å². The highest BCUT2D eigenvalue weighted by molar-refractivity contribution is 5.45. The minimum Gasteiger partial charge on any atom is -0.357 e. The molecule has 2 aliphatic heterocycles. The topological polar surface area (TPSA) is 9.23 Å². The van der Waals surface area contributed by atoms with Crippen LogP contribution in [0.2, 0.25) is 0 Å². The van der Waals surface area contributed by atoms with Gasteiger partial charge in [-0.1, -0.05) is 18.2 Å². The molecule has 2 atom stereocenters. The molecule has 2 bridgehead atoms. The van der Waals surface area contributed by atoms with Crippen molar-refractivity contribution in [2.75, 3.05) is 0 Å². The van der Waals surface area contributed by atoms with Gasteiger partial charge in [-0.2, -0.15) is 13.2 Å². The fraction of sp³-hybridized carbons (Fsp3) is 0.273. The van der Waals surface area contributed by atoms with Gasteiger partial charge in [0.25, 0.3) is 0 Å². The second-order valence-electron chi connectivity index (χ2n) is 3.70. The lowest BCUT2D eigenvalue weighted by Crippen LogP contribution is -2.06. The Kier molecular flexibility index (Phi) is 1.58. The Hall–Kier alpha value is -1.29. The Morgan fingerprint density at radius 3 is 2.33 bits per heavy atom. The average molecular weight is 212 g/mol. The zero-order valence-electron chi connectivity index (χ0n) is 7.58. The smallest absolute Gasteiger partial charge is 0.357 e. The molecule has 0 radical (unpaired) electrons. The zero-order chi connectivity index (χ0) is 10.6. The molecule has 0 saturated heterocycles. The van der Waals surface area contributed by atoms with Crippen LogP contribution in [0.3, 0.4) is 0 Å². The van der Waals surface area contributed by atoms with E-state index in [-0.39, 0.29) is 12.2 Å². The summed E-state index contributed by atoms with van der Waals surface area (Å²) in [5, 5.41) is 0. The van der Waals surface area contributed by atoms with Crippen molar-refractivity contribution < 1.29 is 17.9 Å². The van der Waals surface area contributed by atoms with E-state index in [0.29, 0.717) is 5.56 Å². The maximum absolute atomic E-state index is 12.4. The third-order valence-corrected chi connectivity index (χ3v) is 2.78. The minimum absolute atomic E-state index is 0.146. The van der Waals surface area contributed by atoms with Crippen LogP contribution in [0.25, 0.3) is 0 Å². The molecule has 0 aromatic heterocycles. The van der Waals surface area contributed by atoms with E-state index in [0.717, 1.165) is 11.6 Å². The molecule has 0 spiro atoms. The number of fused-ring (bicyclic) bond motifs is 5. The number of hydrogen-bond donors (Lipinski definition) is 0. The van der Waals surface area contributed by atoms with Crippen LogP contribution in [0.5, 0.6) is 0 Å². The molecule has 1 nitrogen and oxygen atoms in total. The zero-order valence-corrected chi connectivity index (χ0v) is 7.58. The summed E-state index contributed by atoms with van der Waals surface area (Å²) in [6.45, 7) is 0. The SMILES string of the molecule is FC(F)(F)c1ccc2c(c1)[C@H]1C=C[C@H]2O1. The number of alkyl halides is 3. The number of halogens is 3. The number of ether oxygens (including phenoxy) is 1. The molecule has 0 amide bonds. The van der Waals surface area contributed by atoms with Crippen molar-refractivity contribution >= 4 is 0 Å². The quantitative estimate of drug-likeness (QED) is 0.599. The van der Waals surface area contributed by atoms with Gasteiger partial charge in [-0.05, 0) is 23.3 Å². The normalized spacial score (nSPS) is 27.1. The number of rotatable bonds is 0. The summed E-state index contributed by atoms with van der Waals surface area (Å²) >= 11 is 0. The van der Waals surface area contributed by atoms with E-state index < -0.39 is 11.7 Å². The molecule has 78 valence electrons. The lowest BCUT2D eigenvalue weighted by atomic mass is 9.95. The van der Waals surface area contributed by atoms with Gasteiger partial charge in [-0.3, -0.25) is 0 Å². The van der Waals surface area contributed by atoms with E-state index in [1.54, 1.807) is 6.08 Å². The van der Waals surface area contributed by atoms with Crippen LogP contribution in [-0.4, -0.2) is 0 Å². The predicted molar refractivity (Wildman–Crippen MR) is 47.2 cm³/mol. The summed E-state index contributed by atoms with van der Waals surface area (Å²) in [7, 11) is 0. The minimum atomic E-state index is -4.28. The monoisotopic (exact) mass is 212 g/mol. The largest absolute Gasteiger partial charge is 0.416 e. The molecule has 15 heavy (non-hydrogen) atoms. The first-order chi connectivity index (χ1) is 7.05. The Bertz CT molecular complexity index is 448. The summed E-state index contributed by atoms with van der Waals surface area (Å²) in [6.07, 6.45) is -1.03. The highest BCUT2D eigenvalue weighted by Crippen LogP contribution is 2.47. The maximum Gasteiger partial charge on any atom is 0.416 e. The van der Waals surface area contributed by atoms with Gasteiger partial charge >= 0.3 is 6.18 Å². The van der Waals surface area contributed by atoms with Crippen LogP contribution < -0.4 is 0 Å². The van der Waals surface area contributed by atoms with Gasteiger partial charge < -0.3 is 4.74 Å². The Morgan fingerprint density at radius 1 is 1.00 bits per heavy atom. The van der Waals surface area contributed by atoms with Crippen molar-refractivity contribution in [1.29, 1.82) is 0 Å². The third kappa shape index (κ3) is 1.21. The second kappa shape index (κ2) is 2.64. The lowest BCUT2D eigenvalue weighted by Gasteiger charge is -2.11. The molecule has 0 unspecified atom stereocenters. The standard InChI is InChI=1S/C11H7F3O/c12-11(13,14)6-1-2-7-8(5-6)10-4-3-9(7)15-10/h1-5,9-10H/t9-,10-/m1/s1. The van der Waals surface area contributed by atoms with E-state index in [1.165, 1.54) is 12.1 Å². The fourth-order valence-corrected chi connectivity index (χ4v) is 2.06. The van der Waals surface area contributed by atoms with Crippen molar-refractivity contribution in [3.8, 4) is 0 Å². The average Bonchev–Trinajstić information content (AvgIpc) is 2.76. The number of hydrogen-bond acceptors (Lipinski definition) is 1. The summed E-state index contributed by atoms with van der Waals surface area (Å²) in [6, 6.07) is 3.80. The van der Waals surface area contributed by atoms with Gasteiger partial charge in [0, 0.05) is 0 Å². The number of benzene rings is 1. The Balaban J connectivity index is 2.10. The van der Waals surface area contributed by atoms with Crippen molar-refractivity contribution in [3.63, 3.8) is 0 Å². The first kappa shape index (κ1) is 8.97. The second-order valence-corrected chi connectivity index (χ2v) is 3.70. The van der Waals surface area contributed by atoms with Gasteiger partial charge in [0.1, 0.15) is 12.2 Å². The third-order valence-electron chi connectivity index (χ3n) is 2.78. The van der Waals surface area contributed by atoms with Crippen LogP contribution in [0.15, 0.2) is 30.4 Å². The Morgan fingerprint density at radius 2 is 1.67 bits per heavy atom. The summed E-state index contributed by atoms with van der Waals surface area (Å²) in [4.78, 5) is 0. The molecule has 2 heterocycles. The van der Waals surface area contributed by atoms with Crippen molar-refractivity contribution in [1.82, 2.24) is 0 Å². The van der Waals surface area contributed by atoms with Gasteiger partial charge in [0.05, 0.1) is 5.56 Å². The molecule has 2 aliphatic rings. The molecular formula is C11H7F3O. The first-order valence-electron chi connectivity index (χ1n) is 4.60. The van der Waals surface area contributed by atoms with Crippen molar-refractivity contribution in [2.24, 2.45) is 0 Å².